The van der Waals surface area contributed by atoms with Gasteiger partial charge in [0, 0.05) is 17.7 Å². The number of rotatable bonds is 2. The van der Waals surface area contributed by atoms with Crippen molar-refractivity contribution in [2.45, 2.75) is 13.0 Å². The topological polar surface area (TPSA) is 92.0 Å². The van der Waals surface area contributed by atoms with Gasteiger partial charge in [-0.15, -0.1) is 0 Å². The smallest absolute Gasteiger partial charge is 0.272 e. The fourth-order valence-corrected chi connectivity index (χ4v) is 1.49. The summed E-state index contributed by atoms with van der Waals surface area (Å²) < 4.78 is 0. The van der Waals surface area contributed by atoms with Crippen LogP contribution in [0, 0.1) is 10.1 Å². The Labute approximate surface area is 84.7 Å². The van der Waals surface area contributed by atoms with Crippen LogP contribution < -0.4 is 0 Å². The number of aromatic nitrogens is 2. The summed E-state index contributed by atoms with van der Waals surface area (Å²) >= 11 is 0. The summed E-state index contributed by atoms with van der Waals surface area (Å²) in [6.45, 7) is 1.55. The first-order valence-corrected chi connectivity index (χ1v) is 4.39. The van der Waals surface area contributed by atoms with E-state index in [0.717, 1.165) is 0 Å². The molecule has 15 heavy (non-hydrogen) atoms. The van der Waals surface area contributed by atoms with E-state index in [4.69, 9.17) is 0 Å². The number of benzene rings is 1. The average Bonchev–Trinajstić information content (AvgIpc) is 2.62. The summed E-state index contributed by atoms with van der Waals surface area (Å²) in [7, 11) is 0. The Kier molecular flexibility index (Phi) is 2.12. The summed E-state index contributed by atoms with van der Waals surface area (Å²) in [5.74, 6) is 0. The molecular formula is C9H9N3O3. The predicted molar refractivity (Wildman–Crippen MR) is 53.4 cm³/mol. The van der Waals surface area contributed by atoms with Gasteiger partial charge in [0.05, 0.1) is 28.4 Å². The lowest BCUT2D eigenvalue weighted by Crippen LogP contribution is -1.96. The number of imidazole rings is 1. The van der Waals surface area contributed by atoms with Crippen LogP contribution in [0.2, 0.25) is 0 Å². The fourth-order valence-electron chi connectivity index (χ4n) is 1.49. The number of non-ortho nitro benzene ring substituents is 1. The quantitative estimate of drug-likeness (QED) is 0.576. The highest BCUT2D eigenvalue weighted by Crippen LogP contribution is 2.26. The first-order valence-electron chi connectivity index (χ1n) is 4.39. The maximum absolute atomic E-state index is 10.6. The lowest BCUT2D eigenvalue weighted by atomic mass is 10.1. The molecule has 0 aliphatic rings. The maximum Gasteiger partial charge on any atom is 0.272 e. The van der Waals surface area contributed by atoms with Crippen molar-refractivity contribution >= 4 is 16.7 Å². The third-order valence-corrected chi connectivity index (χ3v) is 2.20. The van der Waals surface area contributed by atoms with Gasteiger partial charge in [0.1, 0.15) is 0 Å². The maximum atomic E-state index is 10.6. The first-order chi connectivity index (χ1) is 7.09. The first kappa shape index (κ1) is 9.60. The molecule has 0 saturated carbocycles. The molecule has 1 aromatic carbocycles. The van der Waals surface area contributed by atoms with Crippen molar-refractivity contribution in [2.24, 2.45) is 0 Å². The summed E-state index contributed by atoms with van der Waals surface area (Å²) in [5.41, 5.74) is 1.53. The lowest BCUT2D eigenvalue weighted by Gasteiger charge is -2.04. The van der Waals surface area contributed by atoms with Gasteiger partial charge in [0.2, 0.25) is 0 Å². The third-order valence-electron chi connectivity index (χ3n) is 2.20. The van der Waals surface area contributed by atoms with Crippen molar-refractivity contribution in [1.82, 2.24) is 9.97 Å². The number of nitro groups is 1. The van der Waals surface area contributed by atoms with Crippen LogP contribution in [0.5, 0.6) is 0 Å². The van der Waals surface area contributed by atoms with Gasteiger partial charge >= 0.3 is 0 Å². The predicted octanol–water partition coefficient (Wildman–Crippen LogP) is 1.52. The van der Waals surface area contributed by atoms with Gasteiger partial charge in [-0.1, -0.05) is 0 Å². The highest BCUT2D eigenvalue weighted by atomic mass is 16.6. The van der Waals surface area contributed by atoms with Crippen LogP contribution in [0.25, 0.3) is 11.0 Å². The molecule has 6 nitrogen and oxygen atoms in total. The highest BCUT2D eigenvalue weighted by molar-refractivity contribution is 5.81. The number of H-pyrrole nitrogens is 1. The van der Waals surface area contributed by atoms with Gasteiger partial charge in [-0.3, -0.25) is 10.1 Å². The van der Waals surface area contributed by atoms with Gasteiger partial charge in [-0.05, 0) is 6.92 Å². The molecule has 0 bridgehead atoms. The van der Waals surface area contributed by atoms with E-state index in [2.05, 4.69) is 9.97 Å². The second-order valence-electron chi connectivity index (χ2n) is 3.27. The Hall–Kier alpha value is -1.95. The number of aromatic amines is 1. The second kappa shape index (κ2) is 3.32. The van der Waals surface area contributed by atoms with Crippen molar-refractivity contribution in [2.75, 3.05) is 0 Å². The molecule has 0 amide bonds. The largest absolute Gasteiger partial charge is 0.389 e. The van der Waals surface area contributed by atoms with Gasteiger partial charge in [0.15, 0.2) is 0 Å². The summed E-state index contributed by atoms with van der Waals surface area (Å²) in [5, 5.41) is 20.1. The summed E-state index contributed by atoms with van der Waals surface area (Å²) in [6.07, 6.45) is 0.663. The van der Waals surface area contributed by atoms with Crippen LogP contribution in [-0.4, -0.2) is 20.0 Å². The molecule has 2 rings (SSSR count). The Balaban J connectivity index is 2.74. The SMILES string of the molecule is CC(O)c1cc([N+](=O)[O-])cc2[nH]cnc12. The number of nitrogens with one attached hydrogen (secondary N) is 1. The van der Waals surface area contributed by atoms with E-state index in [-0.39, 0.29) is 5.69 Å². The van der Waals surface area contributed by atoms with Crippen LogP contribution in [-0.2, 0) is 0 Å². The van der Waals surface area contributed by atoms with E-state index in [0.29, 0.717) is 16.6 Å². The van der Waals surface area contributed by atoms with Crippen molar-refractivity contribution in [3.63, 3.8) is 0 Å². The summed E-state index contributed by atoms with van der Waals surface area (Å²) in [4.78, 5) is 16.9. The molecule has 2 aromatic rings. The number of nitrogens with zero attached hydrogens (tertiary/aromatic N) is 2. The molecule has 0 saturated heterocycles. The monoisotopic (exact) mass is 207 g/mol. The van der Waals surface area contributed by atoms with E-state index in [1.165, 1.54) is 18.5 Å². The minimum Gasteiger partial charge on any atom is -0.389 e. The van der Waals surface area contributed by atoms with E-state index < -0.39 is 11.0 Å². The number of hydrogen-bond acceptors (Lipinski definition) is 4. The highest BCUT2D eigenvalue weighted by Gasteiger charge is 2.15. The molecule has 1 aromatic heterocycles. The average molecular weight is 207 g/mol. The number of hydrogen-bond donors (Lipinski definition) is 2. The van der Waals surface area contributed by atoms with Gasteiger partial charge in [0.25, 0.3) is 5.69 Å². The number of aliphatic hydroxyl groups is 1. The van der Waals surface area contributed by atoms with E-state index >= 15 is 0 Å². The molecule has 1 atom stereocenters. The zero-order valence-electron chi connectivity index (χ0n) is 7.97. The minimum absolute atomic E-state index is 0.0531. The van der Waals surface area contributed by atoms with E-state index in [1.54, 1.807) is 6.92 Å². The van der Waals surface area contributed by atoms with Gasteiger partial charge in [-0.2, -0.15) is 0 Å². The zero-order chi connectivity index (χ0) is 11.0. The lowest BCUT2D eigenvalue weighted by molar-refractivity contribution is -0.384. The Morgan fingerprint density at radius 3 is 2.93 bits per heavy atom. The van der Waals surface area contributed by atoms with Crippen LogP contribution in [0.1, 0.15) is 18.6 Å². The van der Waals surface area contributed by atoms with Crippen molar-refractivity contribution in [3.05, 3.63) is 34.1 Å². The molecule has 0 aliphatic carbocycles. The van der Waals surface area contributed by atoms with Crippen LogP contribution in [0.3, 0.4) is 0 Å². The van der Waals surface area contributed by atoms with Gasteiger partial charge in [-0.25, -0.2) is 4.98 Å². The number of nitro benzene ring substituents is 1. The molecule has 1 heterocycles. The zero-order valence-corrected chi connectivity index (χ0v) is 7.97. The number of aliphatic hydroxyl groups excluding tert-OH is 1. The number of fused-ring (bicyclic) bond motifs is 1. The molecule has 1 unspecified atom stereocenters. The molecule has 78 valence electrons. The summed E-state index contributed by atoms with van der Waals surface area (Å²) in [6, 6.07) is 2.74. The van der Waals surface area contributed by atoms with Crippen LogP contribution in [0.4, 0.5) is 5.69 Å². The van der Waals surface area contributed by atoms with Crippen molar-refractivity contribution in [3.8, 4) is 0 Å². The molecule has 6 heteroatoms. The van der Waals surface area contributed by atoms with Crippen LogP contribution in [0.15, 0.2) is 18.5 Å². The van der Waals surface area contributed by atoms with Gasteiger partial charge < -0.3 is 10.1 Å². The third kappa shape index (κ3) is 1.55. The molecule has 0 aliphatic heterocycles. The van der Waals surface area contributed by atoms with Crippen LogP contribution >= 0.6 is 0 Å². The Morgan fingerprint density at radius 2 is 2.33 bits per heavy atom. The van der Waals surface area contributed by atoms with E-state index in [9.17, 15) is 15.2 Å². The van der Waals surface area contributed by atoms with Crippen molar-refractivity contribution < 1.29 is 10.0 Å². The Bertz CT molecular complexity index is 518. The molecular weight excluding hydrogens is 198 g/mol. The second-order valence-corrected chi connectivity index (χ2v) is 3.27. The molecule has 2 N–H and O–H groups in total. The normalized spacial score (nSPS) is 12.9. The minimum atomic E-state index is -0.782. The molecule has 0 radical (unpaired) electrons. The Morgan fingerprint density at radius 1 is 1.60 bits per heavy atom. The van der Waals surface area contributed by atoms with E-state index in [1.807, 2.05) is 0 Å². The standard InChI is InChI=1S/C9H9N3O3/c1-5(13)7-2-6(12(14)15)3-8-9(7)11-4-10-8/h2-5,13H,1H3,(H,10,11). The fraction of sp³-hybridized carbons (Fsp3) is 0.222. The van der Waals surface area contributed by atoms with Crippen molar-refractivity contribution in [1.29, 1.82) is 0 Å². The molecule has 0 fully saturated rings. The molecule has 0 spiro atoms.